The van der Waals surface area contributed by atoms with Gasteiger partial charge < -0.3 is 10.2 Å². The molecule has 2 unspecified atom stereocenters. The smallest absolute Gasteiger partial charge is 0.341 e. The van der Waals surface area contributed by atoms with E-state index in [-0.39, 0.29) is 36.4 Å². The zero-order chi connectivity index (χ0) is 30.1. The van der Waals surface area contributed by atoms with E-state index in [9.17, 15) is 22.8 Å². The van der Waals surface area contributed by atoms with Crippen LogP contribution in [0.5, 0.6) is 0 Å². The third-order valence-corrected chi connectivity index (χ3v) is 9.20. The molecule has 1 aliphatic carbocycles. The van der Waals surface area contributed by atoms with E-state index < -0.39 is 11.9 Å². The average Bonchev–Trinajstić information content (AvgIpc) is 3.25. The van der Waals surface area contributed by atoms with Gasteiger partial charge in [0.1, 0.15) is 6.54 Å². The van der Waals surface area contributed by atoms with Crippen LogP contribution < -0.4 is 10.7 Å². The maximum atomic E-state index is 13.7. The number of benzene rings is 2. The van der Waals surface area contributed by atoms with Gasteiger partial charge in [0.15, 0.2) is 5.69 Å². The number of anilines is 1. The molecule has 11 heteroatoms. The first-order chi connectivity index (χ1) is 20.7. The van der Waals surface area contributed by atoms with Gasteiger partial charge in [0.2, 0.25) is 5.91 Å². The minimum absolute atomic E-state index is 0.0314. The standard InChI is InChI=1S/C32H37F3N6O2/c1-21-17-29(32(33,34)35)38-40(21)20-30(42)39-15-13-22(14-16-39)25-18-24-8-3-5-11-27(24)37-41(19-25)31(43)36-28-12-6-9-23-7-2-4-10-26(23)28/h2-5,7-8,10-11,17,22,25,28,37H,6,9,12-16,18-20H2,1H3,(H,36,43). The van der Waals surface area contributed by atoms with Gasteiger partial charge in [0, 0.05) is 25.3 Å². The fraction of sp³-hybridized carbons (Fsp3) is 0.469. The number of nitrogens with one attached hydrogen (secondary N) is 2. The number of hydrazine groups is 1. The Bertz CT molecular complexity index is 1480. The van der Waals surface area contributed by atoms with E-state index in [4.69, 9.17) is 0 Å². The Kier molecular flexibility index (Phi) is 8.07. The van der Waals surface area contributed by atoms with Crippen LogP contribution in [0.4, 0.5) is 23.7 Å². The second kappa shape index (κ2) is 11.9. The number of carbonyl (C=O) groups excluding carboxylic acids is 2. The molecule has 2 atom stereocenters. The minimum Gasteiger partial charge on any atom is -0.341 e. The number of aromatic nitrogens is 2. The number of rotatable bonds is 4. The molecule has 0 bridgehead atoms. The van der Waals surface area contributed by atoms with Crippen molar-refractivity contribution in [3.05, 3.63) is 82.7 Å². The number of aryl methyl sites for hydroxylation is 2. The average molecular weight is 595 g/mol. The molecule has 2 aromatic carbocycles. The first kappa shape index (κ1) is 29.1. The van der Waals surface area contributed by atoms with Crippen LogP contribution in [0.15, 0.2) is 54.6 Å². The molecule has 3 aliphatic rings. The summed E-state index contributed by atoms with van der Waals surface area (Å²) >= 11 is 0. The normalized spacial score (nSPS) is 20.9. The quantitative estimate of drug-likeness (QED) is 0.404. The van der Waals surface area contributed by atoms with Gasteiger partial charge in [-0.3, -0.25) is 14.9 Å². The molecule has 2 N–H and O–H groups in total. The highest BCUT2D eigenvalue weighted by Crippen LogP contribution is 2.35. The fourth-order valence-electron chi connectivity index (χ4n) is 6.82. The van der Waals surface area contributed by atoms with Gasteiger partial charge >= 0.3 is 12.2 Å². The van der Waals surface area contributed by atoms with Crippen LogP contribution in [0, 0.1) is 18.8 Å². The lowest BCUT2D eigenvalue weighted by Crippen LogP contribution is -2.48. The lowest BCUT2D eigenvalue weighted by atomic mass is 9.80. The van der Waals surface area contributed by atoms with Crippen LogP contribution in [0.2, 0.25) is 0 Å². The number of likely N-dealkylation sites (tertiary alicyclic amines) is 1. The minimum atomic E-state index is -4.55. The Morgan fingerprint density at radius 1 is 1.00 bits per heavy atom. The summed E-state index contributed by atoms with van der Waals surface area (Å²) in [5, 5.41) is 8.60. The first-order valence-electron chi connectivity index (χ1n) is 15.1. The molecule has 8 nitrogen and oxygen atoms in total. The molecule has 1 aromatic heterocycles. The number of halogens is 3. The Labute approximate surface area is 249 Å². The summed E-state index contributed by atoms with van der Waals surface area (Å²) in [7, 11) is 0. The third kappa shape index (κ3) is 6.35. The first-order valence-corrected chi connectivity index (χ1v) is 15.1. The summed E-state index contributed by atoms with van der Waals surface area (Å²) in [4.78, 5) is 28.4. The molecule has 0 spiro atoms. The summed E-state index contributed by atoms with van der Waals surface area (Å²) in [5.74, 6) is 0.228. The Hall–Kier alpha value is -4.02. The lowest BCUT2D eigenvalue weighted by Gasteiger charge is -2.37. The Morgan fingerprint density at radius 2 is 1.72 bits per heavy atom. The van der Waals surface area contributed by atoms with E-state index in [1.165, 1.54) is 18.1 Å². The van der Waals surface area contributed by atoms with Crippen molar-refractivity contribution in [2.75, 3.05) is 25.1 Å². The monoisotopic (exact) mass is 594 g/mol. The molecule has 1 fully saturated rings. The number of nitrogens with zero attached hydrogens (tertiary/aromatic N) is 4. The van der Waals surface area contributed by atoms with E-state index in [1.54, 1.807) is 9.91 Å². The van der Waals surface area contributed by atoms with Gasteiger partial charge in [-0.15, -0.1) is 0 Å². The summed E-state index contributed by atoms with van der Waals surface area (Å²) in [5.41, 5.74) is 7.24. The number of piperidine rings is 1. The van der Waals surface area contributed by atoms with E-state index in [0.717, 1.165) is 60.5 Å². The van der Waals surface area contributed by atoms with Crippen LogP contribution in [0.3, 0.4) is 0 Å². The number of hydrogen-bond donors (Lipinski definition) is 2. The maximum absolute atomic E-state index is 13.7. The molecule has 2 aliphatic heterocycles. The molecular weight excluding hydrogens is 557 g/mol. The number of hydrogen-bond acceptors (Lipinski definition) is 4. The SMILES string of the molecule is Cc1cc(C(F)(F)F)nn1CC(=O)N1CCC(C2Cc3ccccc3NN(C(=O)NC3CCCc4ccccc43)C2)CC1. The number of carbonyl (C=O) groups is 2. The van der Waals surface area contributed by atoms with Gasteiger partial charge in [0.05, 0.1) is 11.7 Å². The van der Waals surface area contributed by atoms with E-state index in [2.05, 4.69) is 34.0 Å². The molecular formula is C32H37F3N6O2. The van der Waals surface area contributed by atoms with Crippen molar-refractivity contribution in [2.24, 2.45) is 11.8 Å². The van der Waals surface area contributed by atoms with Gasteiger partial charge in [-0.05, 0) is 86.1 Å². The number of amides is 3. The molecule has 43 heavy (non-hydrogen) atoms. The van der Waals surface area contributed by atoms with E-state index in [1.807, 2.05) is 30.3 Å². The van der Waals surface area contributed by atoms with Crippen molar-refractivity contribution in [1.29, 1.82) is 0 Å². The van der Waals surface area contributed by atoms with Crippen LogP contribution in [-0.2, 0) is 30.4 Å². The van der Waals surface area contributed by atoms with Crippen LogP contribution in [-0.4, -0.2) is 51.3 Å². The van der Waals surface area contributed by atoms with Crippen molar-refractivity contribution in [3.8, 4) is 0 Å². The Morgan fingerprint density at radius 3 is 2.47 bits per heavy atom. The molecule has 0 saturated carbocycles. The zero-order valence-corrected chi connectivity index (χ0v) is 24.2. The largest absolute Gasteiger partial charge is 0.435 e. The van der Waals surface area contributed by atoms with Crippen molar-refractivity contribution < 1.29 is 22.8 Å². The van der Waals surface area contributed by atoms with Gasteiger partial charge in [-0.2, -0.15) is 18.3 Å². The number of fused-ring (bicyclic) bond motifs is 2. The van der Waals surface area contributed by atoms with E-state index in [0.29, 0.717) is 25.3 Å². The molecule has 3 heterocycles. The highest BCUT2D eigenvalue weighted by Gasteiger charge is 2.36. The highest BCUT2D eigenvalue weighted by molar-refractivity contribution is 5.77. The number of urea groups is 1. The predicted octanol–water partition coefficient (Wildman–Crippen LogP) is 5.74. The highest BCUT2D eigenvalue weighted by atomic mass is 19.4. The predicted molar refractivity (Wildman–Crippen MR) is 156 cm³/mol. The molecule has 6 rings (SSSR count). The van der Waals surface area contributed by atoms with Gasteiger partial charge in [0.25, 0.3) is 0 Å². The van der Waals surface area contributed by atoms with Crippen molar-refractivity contribution in [2.45, 2.75) is 64.2 Å². The van der Waals surface area contributed by atoms with Crippen molar-refractivity contribution in [3.63, 3.8) is 0 Å². The van der Waals surface area contributed by atoms with Crippen molar-refractivity contribution >= 4 is 17.6 Å². The molecule has 228 valence electrons. The van der Waals surface area contributed by atoms with Gasteiger partial charge in [-0.1, -0.05) is 42.5 Å². The molecule has 3 aromatic rings. The zero-order valence-electron chi connectivity index (χ0n) is 24.2. The lowest BCUT2D eigenvalue weighted by molar-refractivity contribution is -0.142. The Balaban J connectivity index is 1.11. The second-order valence-electron chi connectivity index (χ2n) is 12.0. The number of para-hydroxylation sites is 1. The van der Waals surface area contributed by atoms with Gasteiger partial charge in [-0.25, -0.2) is 9.80 Å². The number of alkyl halides is 3. The van der Waals surface area contributed by atoms with Crippen LogP contribution in [0.25, 0.3) is 0 Å². The molecule has 3 amide bonds. The second-order valence-corrected chi connectivity index (χ2v) is 12.0. The topological polar surface area (TPSA) is 82.5 Å². The fourth-order valence-corrected chi connectivity index (χ4v) is 6.82. The van der Waals surface area contributed by atoms with Crippen LogP contribution in [0.1, 0.15) is 59.8 Å². The maximum Gasteiger partial charge on any atom is 0.435 e. The van der Waals surface area contributed by atoms with E-state index >= 15 is 0 Å². The molecule has 0 radical (unpaired) electrons. The van der Waals surface area contributed by atoms with Crippen LogP contribution >= 0.6 is 0 Å². The van der Waals surface area contributed by atoms with Crippen molar-refractivity contribution in [1.82, 2.24) is 25.0 Å². The summed E-state index contributed by atoms with van der Waals surface area (Å²) in [6, 6.07) is 17.1. The third-order valence-electron chi connectivity index (χ3n) is 9.20. The summed E-state index contributed by atoms with van der Waals surface area (Å²) in [6.07, 6.45) is 0.739. The summed E-state index contributed by atoms with van der Waals surface area (Å²) in [6.45, 7) is 2.87. The summed E-state index contributed by atoms with van der Waals surface area (Å²) < 4.78 is 40.3. The molecule has 1 saturated heterocycles.